The summed E-state index contributed by atoms with van der Waals surface area (Å²) in [6.45, 7) is 2.52. The number of nitrogens with one attached hydrogen (secondary N) is 2. The van der Waals surface area contributed by atoms with E-state index in [0.717, 1.165) is 28.8 Å². The summed E-state index contributed by atoms with van der Waals surface area (Å²) in [5.41, 5.74) is 5.45. The van der Waals surface area contributed by atoms with E-state index in [0.29, 0.717) is 35.6 Å². The Morgan fingerprint density at radius 1 is 1.17 bits per heavy atom. The highest BCUT2D eigenvalue weighted by Crippen LogP contribution is 2.26. The van der Waals surface area contributed by atoms with Gasteiger partial charge in [0.25, 0.3) is 6.01 Å². The van der Waals surface area contributed by atoms with Gasteiger partial charge in [0.05, 0.1) is 19.0 Å². The topological polar surface area (TPSA) is 87.5 Å². The number of aldehydes is 1. The third kappa shape index (κ3) is 5.22. The van der Waals surface area contributed by atoms with Gasteiger partial charge in [-0.25, -0.2) is 4.39 Å². The van der Waals surface area contributed by atoms with Crippen LogP contribution in [-0.4, -0.2) is 47.4 Å². The molecule has 1 saturated heterocycles. The Balaban J connectivity index is 1.24. The number of amides is 1. The molecular formula is C28H27FN4O3. The Hall–Kier alpha value is -4.20. The molecule has 7 nitrogen and oxygen atoms in total. The second-order valence-corrected chi connectivity index (χ2v) is 9.09. The standard InChI is InChI=1S/C28H27FN4O3/c1-18-4-2-3-5-24(18)31-28-32-25-11-8-20(12-26(25)36-28)13-27(35)33-16-21(29)14-23(33)15-30-22-9-6-19(17-34)7-10-22/h2-12,17,21,23,30H,13-16H2,1H3,(H,31,32)/t21-,23-/m0/s1. The minimum atomic E-state index is -1.05. The van der Waals surface area contributed by atoms with Crippen molar-refractivity contribution in [3.8, 4) is 0 Å². The molecule has 0 radical (unpaired) electrons. The number of nitrogens with zero attached hydrogens (tertiary/aromatic N) is 2. The Morgan fingerprint density at radius 3 is 2.75 bits per heavy atom. The van der Waals surface area contributed by atoms with Crippen LogP contribution in [-0.2, 0) is 11.2 Å². The van der Waals surface area contributed by atoms with E-state index in [1.165, 1.54) is 0 Å². The number of hydrogen-bond donors (Lipinski definition) is 2. The minimum absolute atomic E-state index is 0.0876. The van der Waals surface area contributed by atoms with Crippen LogP contribution in [0, 0.1) is 6.92 Å². The van der Waals surface area contributed by atoms with Crippen LogP contribution in [0.3, 0.4) is 0 Å². The SMILES string of the molecule is Cc1ccccc1Nc1nc2ccc(CC(=O)N3C[C@@H](F)C[C@H]3CNc3ccc(C=O)cc3)cc2o1. The Morgan fingerprint density at radius 2 is 1.97 bits per heavy atom. The summed E-state index contributed by atoms with van der Waals surface area (Å²) < 4.78 is 20.2. The summed E-state index contributed by atoms with van der Waals surface area (Å²) in [5, 5.41) is 6.44. The van der Waals surface area contributed by atoms with Crippen LogP contribution in [0.25, 0.3) is 11.1 Å². The van der Waals surface area contributed by atoms with E-state index < -0.39 is 6.17 Å². The lowest BCUT2D eigenvalue weighted by molar-refractivity contribution is -0.131. The highest BCUT2D eigenvalue weighted by atomic mass is 19.1. The predicted molar refractivity (Wildman–Crippen MR) is 138 cm³/mol. The number of aromatic nitrogens is 1. The van der Waals surface area contributed by atoms with Crippen LogP contribution in [0.1, 0.15) is 27.9 Å². The van der Waals surface area contributed by atoms with Gasteiger partial charge in [-0.2, -0.15) is 4.98 Å². The van der Waals surface area contributed by atoms with Crippen LogP contribution in [0.2, 0.25) is 0 Å². The van der Waals surface area contributed by atoms with E-state index in [1.807, 2.05) is 49.4 Å². The fourth-order valence-corrected chi connectivity index (χ4v) is 4.51. The number of fused-ring (bicyclic) bond motifs is 1. The minimum Gasteiger partial charge on any atom is -0.423 e. The molecule has 2 heterocycles. The first kappa shape index (κ1) is 23.5. The molecule has 184 valence electrons. The maximum Gasteiger partial charge on any atom is 0.300 e. The second kappa shape index (κ2) is 10.2. The number of anilines is 3. The summed E-state index contributed by atoms with van der Waals surface area (Å²) in [7, 11) is 0. The molecule has 1 aliphatic rings. The summed E-state index contributed by atoms with van der Waals surface area (Å²) in [6, 6.07) is 20.5. The lowest BCUT2D eigenvalue weighted by Gasteiger charge is -2.25. The highest BCUT2D eigenvalue weighted by molar-refractivity contribution is 5.82. The molecule has 1 aliphatic heterocycles. The van der Waals surface area contributed by atoms with Crippen LogP contribution in [0.15, 0.2) is 71.1 Å². The number of benzene rings is 3. The van der Waals surface area contributed by atoms with E-state index in [-0.39, 0.29) is 24.9 Å². The van der Waals surface area contributed by atoms with Gasteiger partial charge in [-0.3, -0.25) is 9.59 Å². The average Bonchev–Trinajstić information content (AvgIpc) is 3.46. The quantitative estimate of drug-likeness (QED) is 0.329. The lowest BCUT2D eigenvalue weighted by Crippen LogP contribution is -2.40. The largest absolute Gasteiger partial charge is 0.423 e. The van der Waals surface area contributed by atoms with Crippen molar-refractivity contribution in [2.75, 3.05) is 23.7 Å². The third-order valence-electron chi connectivity index (χ3n) is 6.47. The molecule has 3 aromatic carbocycles. The number of aryl methyl sites for hydroxylation is 1. The number of halogens is 1. The van der Waals surface area contributed by atoms with Gasteiger partial charge in [0.1, 0.15) is 18.0 Å². The molecular weight excluding hydrogens is 459 g/mol. The van der Waals surface area contributed by atoms with Gasteiger partial charge in [-0.1, -0.05) is 24.3 Å². The van der Waals surface area contributed by atoms with Crippen LogP contribution < -0.4 is 10.6 Å². The monoisotopic (exact) mass is 486 g/mol. The zero-order valence-electron chi connectivity index (χ0n) is 19.9. The van der Waals surface area contributed by atoms with Crippen LogP contribution >= 0.6 is 0 Å². The van der Waals surface area contributed by atoms with Gasteiger partial charge in [0.2, 0.25) is 5.91 Å². The van der Waals surface area contributed by atoms with Gasteiger partial charge in [-0.15, -0.1) is 0 Å². The molecule has 5 rings (SSSR count). The van der Waals surface area contributed by atoms with Gasteiger partial charge in [-0.05, 0) is 60.5 Å². The molecule has 1 amide bonds. The summed E-state index contributed by atoms with van der Waals surface area (Å²) >= 11 is 0. The van der Waals surface area contributed by atoms with Crippen molar-refractivity contribution in [1.29, 1.82) is 0 Å². The molecule has 0 aliphatic carbocycles. The molecule has 0 spiro atoms. The number of carbonyl (C=O) groups excluding carboxylic acids is 2. The molecule has 4 aromatic rings. The van der Waals surface area contributed by atoms with Crippen molar-refractivity contribution >= 4 is 40.7 Å². The molecule has 0 unspecified atom stereocenters. The van der Waals surface area contributed by atoms with E-state index >= 15 is 0 Å². The first-order chi connectivity index (χ1) is 17.5. The zero-order valence-corrected chi connectivity index (χ0v) is 19.9. The van der Waals surface area contributed by atoms with Crippen LogP contribution in [0.4, 0.5) is 21.8 Å². The molecule has 0 saturated carbocycles. The van der Waals surface area contributed by atoms with E-state index in [2.05, 4.69) is 15.6 Å². The molecule has 0 bridgehead atoms. The van der Waals surface area contributed by atoms with E-state index in [1.54, 1.807) is 29.2 Å². The summed E-state index contributed by atoms with van der Waals surface area (Å²) in [4.78, 5) is 30.1. The smallest absolute Gasteiger partial charge is 0.300 e. The fourth-order valence-electron chi connectivity index (χ4n) is 4.51. The number of hydrogen-bond acceptors (Lipinski definition) is 6. The number of para-hydroxylation sites is 1. The number of oxazole rings is 1. The summed E-state index contributed by atoms with van der Waals surface area (Å²) in [6.07, 6.45) is 0.173. The summed E-state index contributed by atoms with van der Waals surface area (Å²) in [5.74, 6) is -0.129. The Bertz CT molecular complexity index is 1390. The molecule has 1 aromatic heterocycles. The average molecular weight is 487 g/mol. The Labute approximate surface area is 208 Å². The lowest BCUT2D eigenvalue weighted by atomic mass is 10.1. The number of carbonyl (C=O) groups is 2. The van der Waals surface area contributed by atoms with Crippen molar-refractivity contribution in [3.63, 3.8) is 0 Å². The highest BCUT2D eigenvalue weighted by Gasteiger charge is 2.35. The van der Waals surface area contributed by atoms with Crippen molar-refractivity contribution < 1.29 is 18.4 Å². The van der Waals surface area contributed by atoms with Crippen molar-refractivity contribution in [2.45, 2.75) is 32.0 Å². The molecule has 8 heteroatoms. The Kier molecular flexibility index (Phi) is 6.66. The number of likely N-dealkylation sites (tertiary alicyclic amines) is 1. The van der Waals surface area contributed by atoms with Crippen LogP contribution in [0.5, 0.6) is 0 Å². The molecule has 1 fully saturated rings. The number of alkyl halides is 1. The second-order valence-electron chi connectivity index (χ2n) is 9.09. The predicted octanol–water partition coefficient (Wildman–Crippen LogP) is 5.29. The van der Waals surface area contributed by atoms with E-state index in [4.69, 9.17) is 4.42 Å². The van der Waals surface area contributed by atoms with Gasteiger partial charge in [0, 0.05) is 29.9 Å². The maximum absolute atomic E-state index is 14.3. The van der Waals surface area contributed by atoms with Gasteiger partial charge >= 0.3 is 0 Å². The maximum atomic E-state index is 14.3. The first-order valence-electron chi connectivity index (χ1n) is 11.9. The van der Waals surface area contributed by atoms with E-state index in [9.17, 15) is 14.0 Å². The fraction of sp³-hybridized carbons (Fsp3) is 0.250. The van der Waals surface area contributed by atoms with Crippen molar-refractivity contribution in [3.05, 3.63) is 83.4 Å². The normalized spacial score (nSPS) is 17.3. The third-order valence-corrected chi connectivity index (χ3v) is 6.47. The van der Waals surface area contributed by atoms with Crippen molar-refractivity contribution in [1.82, 2.24) is 9.88 Å². The molecule has 2 N–H and O–H groups in total. The zero-order chi connectivity index (χ0) is 25.1. The molecule has 36 heavy (non-hydrogen) atoms. The first-order valence-corrected chi connectivity index (χ1v) is 11.9. The van der Waals surface area contributed by atoms with Gasteiger partial charge < -0.3 is 20.0 Å². The van der Waals surface area contributed by atoms with Crippen molar-refractivity contribution in [2.24, 2.45) is 0 Å². The molecule has 2 atom stereocenters. The number of rotatable bonds is 8. The van der Waals surface area contributed by atoms with Gasteiger partial charge in [0.15, 0.2) is 5.58 Å².